The summed E-state index contributed by atoms with van der Waals surface area (Å²) in [4.78, 5) is 80.2. The predicted octanol–water partition coefficient (Wildman–Crippen LogP) is 2.93. The lowest BCUT2D eigenvalue weighted by Crippen LogP contribution is -2.12. The second-order valence-corrected chi connectivity index (χ2v) is 8.40. The molecule has 0 fully saturated rings. The minimum Gasteiger partial charge on any atom is -0.502 e. The monoisotopic (exact) mass is 686 g/mol. The zero-order valence-electron chi connectivity index (χ0n) is 23.0. The van der Waals surface area contributed by atoms with E-state index < -0.39 is 59.2 Å². The fourth-order valence-electron chi connectivity index (χ4n) is 2.91. The van der Waals surface area contributed by atoms with Gasteiger partial charge >= 0.3 is 39.4 Å². The molecule has 22 nitrogen and oxygen atoms in total. The lowest BCUT2D eigenvalue weighted by atomic mass is 10.3. The molecule has 0 aliphatic carbocycles. The molecule has 4 aromatic heterocycles. The maximum absolute atomic E-state index is 10.9. The van der Waals surface area contributed by atoms with Crippen molar-refractivity contribution in [1.82, 2.24) is 19.9 Å². The molecule has 4 rings (SSSR count). The molecule has 0 saturated heterocycles. The highest BCUT2D eigenvalue weighted by atomic mass is 35.5. The smallest absolute Gasteiger partial charge is 0.374 e. The minimum absolute atomic E-state index is 0.105. The van der Waals surface area contributed by atoms with E-state index >= 15 is 0 Å². The minimum atomic E-state index is -0.936. The summed E-state index contributed by atoms with van der Waals surface area (Å²) in [7, 11) is 3.10. The van der Waals surface area contributed by atoms with E-state index in [1.807, 2.05) is 0 Å². The third-order valence-corrected chi connectivity index (χ3v) is 5.46. The number of hydrogen-bond donors (Lipinski definition) is 6. The predicted molar refractivity (Wildman–Crippen MR) is 163 cm³/mol. The van der Waals surface area contributed by atoms with Crippen LogP contribution in [0.1, 0.15) is 0 Å². The number of aromatic hydroxyl groups is 1. The van der Waals surface area contributed by atoms with E-state index in [9.17, 15) is 54.8 Å². The van der Waals surface area contributed by atoms with Crippen LogP contribution in [0, 0.1) is 40.5 Å². The molecular formula is C22H20Cl2N10O12. The van der Waals surface area contributed by atoms with Crippen molar-refractivity contribution in [2.45, 2.75) is 0 Å². The van der Waals surface area contributed by atoms with Gasteiger partial charge in [0.15, 0.2) is 0 Å². The summed E-state index contributed by atoms with van der Waals surface area (Å²) in [6, 6.07) is 5.21. The maximum atomic E-state index is 10.9. The molecule has 24 heteroatoms. The third kappa shape index (κ3) is 10.4. The van der Waals surface area contributed by atoms with Gasteiger partial charge in [-0.05, 0) is 18.2 Å². The van der Waals surface area contributed by atoms with E-state index in [4.69, 9.17) is 28.3 Å². The van der Waals surface area contributed by atoms with Crippen LogP contribution in [0.25, 0.3) is 0 Å². The molecular weight excluding hydrogens is 667 g/mol. The number of anilines is 2. The van der Waals surface area contributed by atoms with Crippen molar-refractivity contribution >= 4 is 57.3 Å². The van der Waals surface area contributed by atoms with Crippen LogP contribution in [0.2, 0.25) is 10.2 Å². The number of aromatic amines is 3. The number of pyridine rings is 4. The van der Waals surface area contributed by atoms with Gasteiger partial charge in [-0.15, -0.1) is 0 Å². The van der Waals surface area contributed by atoms with Crippen molar-refractivity contribution in [2.24, 2.45) is 0 Å². The van der Waals surface area contributed by atoms with Gasteiger partial charge in [0, 0.05) is 44.9 Å². The highest BCUT2D eigenvalue weighted by molar-refractivity contribution is 6.32. The van der Waals surface area contributed by atoms with E-state index in [2.05, 4.69) is 30.6 Å². The number of halogens is 2. The molecule has 4 heterocycles. The summed E-state index contributed by atoms with van der Waals surface area (Å²) in [6.07, 6.45) is 5.13. The third-order valence-electron chi connectivity index (χ3n) is 4.88. The number of nitrogens with zero attached hydrogens (tertiary/aromatic N) is 5. The summed E-state index contributed by atoms with van der Waals surface area (Å²) < 4.78 is 0. The first-order valence-corrected chi connectivity index (χ1v) is 12.4. The molecule has 0 unspecified atom stereocenters. The largest absolute Gasteiger partial charge is 0.502 e. The SMILES string of the molecule is CNc1cc[nH]c(=O)c1[N+](=O)[O-].CNc1ccnc(Cl)c1[N+](=O)[O-].O=c1[nH]ccc(Cl)c1[N+](=O)[O-].O=c1[nH]ccc(O)c1[N+](=O)[O-]. The molecule has 6 N–H and O–H groups in total. The van der Waals surface area contributed by atoms with Crippen LogP contribution in [0.3, 0.4) is 0 Å². The summed E-state index contributed by atoms with van der Waals surface area (Å²) in [6.45, 7) is 0. The number of nitrogens with one attached hydrogen (secondary N) is 5. The van der Waals surface area contributed by atoms with E-state index in [-0.39, 0.29) is 21.6 Å². The zero-order valence-corrected chi connectivity index (χ0v) is 24.6. The molecule has 0 aliphatic rings. The molecule has 0 aliphatic heterocycles. The van der Waals surface area contributed by atoms with Gasteiger partial charge in [-0.2, -0.15) is 0 Å². The molecule has 46 heavy (non-hydrogen) atoms. The quantitative estimate of drug-likeness (QED) is 0.0964. The number of hydrogen-bond acceptors (Lipinski definition) is 15. The van der Waals surface area contributed by atoms with Gasteiger partial charge in [-0.25, -0.2) is 4.98 Å². The van der Waals surface area contributed by atoms with Crippen molar-refractivity contribution in [2.75, 3.05) is 24.7 Å². The Morgan fingerprint density at radius 3 is 1.41 bits per heavy atom. The van der Waals surface area contributed by atoms with Crippen molar-refractivity contribution in [3.63, 3.8) is 0 Å². The molecule has 0 amide bonds. The Kier molecular flexibility index (Phi) is 14.4. The van der Waals surface area contributed by atoms with Crippen molar-refractivity contribution in [1.29, 1.82) is 0 Å². The van der Waals surface area contributed by atoms with Crippen LogP contribution in [0.5, 0.6) is 5.75 Å². The van der Waals surface area contributed by atoms with E-state index in [1.54, 1.807) is 7.05 Å². The van der Waals surface area contributed by atoms with Gasteiger partial charge in [-0.1, -0.05) is 23.2 Å². The fraction of sp³-hybridized carbons (Fsp3) is 0.0909. The van der Waals surface area contributed by atoms with Crippen LogP contribution < -0.4 is 27.3 Å². The molecule has 0 radical (unpaired) electrons. The maximum Gasteiger partial charge on any atom is 0.374 e. The number of rotatable bonds is 6. The number of nitro groups is 4. The topological polar surface area (TPSA) is 328 Å². The molecule has 0 saturated carbocycles. The van der Waals surface area contributed by atoms with Gasteiger partial charge in [0.1, 0.15) is 16.4 Å². The van der Waals surface area contributed by atoms with Crippen LogP contribution >= 0.6 is 23.2 Å². The Hall–Kier alpha value is -6.42. The second-order valence-electron chi connectivity index (χ2n) is 7.64. The normalized spacial score (nSPS) is 9.48. The first-order valence-electron chi connectivity index (χ1n) is 11.7. The van der Waals surface area contributed by atoms with Crippen molar-refractivity contribution in [3.8, 4) is 5.75 Å². The van der Waals surface area contributed by atoms with E-state index in [1.165, 1.54) is 43.8 Å². The van der Waals surface area contributed by atoms with Gasteiger partial charge in [0.25, 0.3) is 0 Å². The Balaban J connectivity index is 0.000000307. The lowest BCUT2D eigenvalue weighted by molar-refractivity contribution is -0.387. The molecule has 0 spiro atoms. The van der Waals surface area contributed by atoms with Gasteiger partial charge in [0.2, 0.25) is 10.9 Å². The van der Waals surface area contributed by atoms with E-state index in [0.717, 1.165) is 12.3 Å². The molecule has 0 bridgehead atoms. The van der Waals surface area contributed by atoms with Gasteiger partial charge in [-0.3, -0.25) is 54.8 Å². The highest BCUT2D eigenvalue weighted by Crippen LogP contribution is 2.29. The molecule has 244 valence electrons. The standard InChI is InChI=1S/C6H6ClN3O2.C6H7N3O3.C5H3ClN2O3.C5H4N2O4/c1-8-4-2-3-9-6(7)5(4)10(11)12;1-7-4-2-3-8-6(10)5(4)9(11)12;6-3-1-2-7-5(9)4(3)8(10)11;8-3-1-2-6-5(9)4(3)7(10)11/h2-3H,1H3,(H,8,9);2-3H,1H3,(H2,7,8,10);1-2H,(H,7,9);1-2H,(H2,6,8,9). The van der Waals surface area contributed by atoms with Crippen LogP contribution in [0.15, 0.2) is 63.4 Å². The van der Waals surface area contributed by atoms with Crippen LogP contribution in [0.4, 0.5) is 34.1 Å². The molecule has 4 aromatic rings. The summed E-state index contributed by atoms with van der Waals surface area (Å²) in [5, 5.41) is 54.8. The Morgan fingerprint density at radius 1 is 0.652 bits per heavy atom. The van der Waals surface area contributed by atoms with Gasteiger partial charge in [0.05, 0.1) is 19.7 Å². The van der Waals surface area contributed by atoms with Crippen LogP contribution in [-0.4, -0.2) is 58.8 Å². The Morgan fingerprint density at radius 2 is 1.07 bits per heavy atom. The van der Waals surface area contributed by atoms with Crippen molar-refractivity contribution < 1.29 is 24.8 Å². The summed E-state index contributed by atoms with van der Waals surface area (Å²) in [5.74, 6) is -0.626. The summed E-state index contributed by atoms with van der Waals surface area (Å²) >= 11 is 10.9. The van der Waals surface area contributed by atoms with E-state index in [0.29, 0.717) is 5.69 Å². The Bertz CT molecular complexity index is 1840. The number of H-pyrrole nitrogens is 3. The van der Waals surface area contributed by atoms with Gasteiger partial charge < -0.3 is 30.7 Å². The molecule has 0 aromatic carbocycles. The summed E-state index contributed by atoms with van der Waals surface area (Å²) in [5.41, 5.74) is -3.92. The number of aromatic nitrogens is 4. The second kappa shape index (κ2) is 17.6. The fourth-order valence-corrected chi connectivity index (χ4v) is 3.35. The lowest BCUT2D eigenvalue weighted by Gasteiger charge is -2.00. The Labute approximate surface area is 263 Å². The van der Waals surface area contributed by atoms with Crippen LogP contribution in [-0.2, 0) is 0 Å². The average Bonchev–Trinajstić information content (AvgIpc) is 2.97. The average molecular weight is 687 g/mol. The van der Waals surface area contributed by atoms with Crippen molar-refractivity contribution in [3.05, 3.63) is 131 Å². The highest BCUT2D eigenvalue weighted by Gasteiger charge is 2.19. The molecule has 0 atom stereocenters. The first kappa shape index (κ1) is 37.6. The first-order chi connectivity index (χ1) is 21.6. The zero-order chi connectivity index (χ0) is 35.1.